The van der Waals surface area contributed by atoms with Gasteiger partial charge in [0.05, 0.1) is 11.5 Å². The van der Waals surface area contributed by atoms with E-state index in [1.807, 2.05) is 0 Å². The van der Waals surface area contributed by atoms with Crippen molar-refractivity contribution in [3.63, 3.8) is 0 Å². The molecule has 2 N–H and O–H groups in total. The summed E-state index contributed by atoms with van der Waals surface area (Å²) in [4.78, 5) is 13.3. The molecule has 1 amide bonds. The number of sulfone groups is 1. The minimum Gasteiger partial charge on any atom is -0.341 e. The minimum atomic E-state index is -2.89. The Morgan fingerprint density at radius 3 is 2.31 bits per heavy atom. The summed E-state index contributed by atoms with van der Waals surface area (Å²) in [5.74, 6) is 0.301. The van der Waals surface area contributed by atoms with Crippen LogP contribution in [0.5, 0.6) is 0 Å². The summed E-state index contributed by atoms with van der Waals surface area (Å²) in [7, 11) is -2.89. The highest BCUT2D eigenvalue weighted by Gasteiger charge is 2.24. The second-order valence-corrected chi connectivity index (χ2v) is 6.44. The molecule has 1 fully saturated rings. The van der Waals surface area contributed by atoms with E-state index in [1.165, 1.54) is 0 Å². The molecule has 94 valence electrons. The second-order valence-electron chi connectivity index (χ2n) is 4.13. The van der Waals surface area contributed by atoms with Gasteiger partial charge in [0, 0.05) is 19.5 Å². The number of rotatable bonds is 5. The van der Waals surface area contributed by atoms with Crippen LogP contribution >= 0.6 is 0 Å². The molecule has 1 aliphatic heterocycles. The van der Waals surface area contributed by atoms with Crippen molar-refractivity contribution in [1.29, 1.82) is 0 Å². The van der Waals surface area contributed by atoms with Crippen LogP contribution in [0.25, 0.3) is 0 Å². The van der Waals surface area contributed by atoms with Crippen LogP contribution in [0.15, 0.2) is 0 Å². The van der Waals surface area contributed by atoms with Gasteiger partial charge in [0.25, 0.3) is 0 Å². The Hall–Kier alpha value is -0.620. The Morgan fingerprint density at radius 1 is 1.12 bits per heavy atom. The van der Waals surface area contributed by atoms with Crippen molar-refractivity contribution in [2.75, 3.05) is 31.1 Å². The van der Waals surface area contributed by atoms with Gasteiger partial charge in [-0.1, -0.05) is 6.42 Å². The Balaban J connectivity index is 2.23. The van der Waals surface area contributed by atoms with E-state index < -0.39 is 9.84 Å². The lowest BCUT2D eigenvalue weighted by Crippen LogP contribution is -2.43. The van der Waals surface area contributed by atoms with Crippen LogP contribution in [0.4, 0.5) is 0 Å². The quantitative estimate of drug-likeness (QED) is 0.681. The third-order valence-corrected chi connectivity index (χ3v) is 4.40. The van der Waals surface area contributed by atoms with Gasteiger partial charge in [-0.15, -0.1) is 0 Å². The molecule has 5 nitrogen and oxygen atoms in total. The first kappa shape index (κ1) is 13.4. The Morgan fingerprint density at radius 2 is 1.75 bits per heavy atom. The highest BCUT2D eigenvalue weighted by Crippen LogP contribution is 2.08. The number of hydrogen-bond donors (Lipinski definition) is 1. The van der Waals surface area contributed by atoms with Crippen molar-refractivity contribution in [3.8, 4) is 0 Å². The van der Waals surface area contributed by atoms with E-state index in [4.69, 9.17) is 5.73 Å². The largest absolute Gasteiger partial charge is 0.341 e. The van der Waals surface area contributed by atoms with E-state index in [2.05, 4.69) is 0 Å². The van der Waals surface area contributed by atoms with Gasteiger partial charge in [-0.2, -0.15) is 0 Å². The van der Waals surface area contributed by atoms with Gasteiger partial charge in [-0.3, -0.25) is 4.79 Å². The van der Waals surface area contributed by atoms with Crippen molar-refractivity contribution in [3.05, 3.63) is 0 Å². The highest BCUT2D eigenvalue weighted by molar-refractivity contribution is 7.91. The van der Waals surface area contributed by atoms with Gasteiger partial charge < -0.3 is 10.6 Å². The average molecular weight is 248 g/mol. The zero-order valence-corrected chi connectivity index (χ0v) is 10.3. The molecule has 0 bridgehead atoms. The number of carbonyl (C=O) groups excluding carboxylic acids is 1. The molecule has 0 aromatic rings. The van der Waals surface area contributed by atoms with Gasteiger partial charge >= 0.3 is 0 Å². The number of unbranched alkanes of at least 4 members (excludes halogenated alkanes) is 2. The number of nitrogens with zero attached hydrogens (tertiary/aromatic N) is 1. The maximum Gasteiger partial charge on any atom is 0.222 e. The SMILES string of the molecule is NCCCCCC(=O)N1CCS(=O)(=O)CC1. The topological polar surface area (TPSA) is 80.5 Å². The Bertz CT molecular complexity index is 313. The van der Waals surface area contributed by atoms with Gasteiger partial charge in [0.2, 0.25) is 5.91 Å². The van der Waals surface area contributed by atoms with Crippen molar-refractivity contribution in [2.45, 2.75) is 25.7 Å². The smallest absolute Gasteiger partial charge is 0.222 e. The summed E-state index contributed by atoms with van der Waals surface area (Å²) in [5, 5.41) is 0. The van der Waals surface area contributed by atoms with Crippen LogP contribution in [0.2, 0.25) is 0 Å². The third-order valence-electron chi connectivity index (χ3n) is 2.79. The molecule has 1 aliphatic rings. The van der Waals surface area contributed by atoms with Gasteiger partial charge in [0.15, 0.2) is 9.84 Å². The molecule has 1 saturated heterocycles. The molecular formula is C10H20N2O3S. The lowest BCUT2D eigenvalue weighted by atomic mass is 10.2. The van der Waals surface area contributed by atoms with Crippen LogP contribution in [-0.4, -0.2) is 50.4 Å². The van der Waals surface area contributed by atoms with Crippen molar-refractivity contribution < 1.29 is 13.2 Å². The van der Waals surface area contributed by atoms with Gasteiger partial charge in [0.1, 0.15) is 0 Å². The van der Waals surface area contributed by atoms with Crippen LogP contribution in [0, 0.1) is 0 Å². The van der Waals surface area contributed by atoms with Crippen LogP contribution in [-0.2, 0) is 14.6 Å². The third kappa shape index (κ3) is 4.49. The van der Waals surface area contributed by atoms with E-state index in [9.17, 15) is 13.2 Å². The molecule has 0 atom stereocenters. The Kier molecular flexibility index (Phi) is 5.21. The fourth-order valence-electron chi connectivity index (χ4n) is 1.72. The molecule has 0 aliphatic carbocycles. The predicted molar refractivity (Wildman–Crippen MR) is 62.8 cm³/mol. The standard InChI is InChI=1S/C10H20N2O3S/c11-5-3-1-2-4-10(13)12-6-8-16(14,15)9-7-12/h1-9,11H2. The van der Waals surface area contributed by atoms with E-state index >= 15 is 0 Å². The highest BCUT2D eigenvalue weighted by atomic mass is 32.2. The second kappa shape index (κ2) is 6.20. The van der Waals surface area contributed by atoms with E-state index in [1.54, 1.807) is 4.90 Å². The van der Waals surface area contributed by atoms with E-state index in [0.717, 1.165) is 19.3 Å². The molecule has 1 heterocycles. The lowest BCUT2D eigenvalue weighted by Gasteiger charge is -2.26. The summed E-state index contributed by atoms with van der Waals surface area (Å²) in [6.07, 6.45) is 3.27. The lowest BCUT2D eigenvalue weighted by molar-refractivity contribution is -0.131. The predicted octanol–water partition coefficient (Wildman–Crippen LogP) is -0.237. The Labute approximate surface area is 96.9 Å². The summed E-state index contributed by atoms with van der Waals surface area (Å²) < 4.78 is 22.3. The monoisotopic (exact) mass is 248 g/mol. The molecular weight excluding hydrogens is 228 g/mol. The molecule has 0 aromatic heterocycles. The molecule has 0 saturated carbocycles. The first-order valence-electron chi connectivity index (χ1n) is 5.73. The summed E-state index contributed by atoms with van der Waals surface area (Å²) in [6.45, 7) is 1.38. The molecule has 0 radical (unpaired) electrons. The fraction of sp³-hybridized carbons (Fsp3) is 0.900. The van der Waals surface area contributed by atoms with Crippen molar-refractivity contribution in [2.24, 2.45) is 5.73 Å². The van der Waals surface area contributed by atoms with Gasteiger partial charge in [-0.25, -0.2) is 8.42 Å². The first-order chi connectivity index (χ1) is 7.55. The first-order valence-corrected chi connectivity index (χ1v) is 7.55. The molecule has 0 aromatic carbocycles. The summed E-state index contributed by atoms with van der Waals surface area (Å²) in [5.41, 5.74) is 5.36. The molecule has 0 unspecified atom stereocenters. The number of amides is 1. The molecule has 16 heavy (non-hydrogen) atoms. The van der Waals surface area contributed by atoms with E-state index in [0.29, 0.717) is 26.1 Å². The maximum absolute atomic E-state index is 11.7. The van der Waals surface area contributed by atoms with Crippen LogP contribution < -0.4 is 5.73 Å². The number of nitrogens with two attached hydrogens (primary N) is 1. The summed E-state index contributed by atoms with van der Waals surface area (Å²) in [6, 6.07) is 0. The number of hydrogen-bond acceptors (Lipinski definition) is 4. The fourth-order valence-corrected chi connectivity index (χ4v) is 2.92. The zero-order chi connectivity index (χ0) is 12.0. The number of carbonyl (C=O) groups is 1. The molecule has 0 spiro atoms. The van der Waals surface area contributed by atoms with Gasteiger partial charge in [-0.05, 0) is 19.4 Å². The van der Waals surface area contributed by atoms with Crippen LogP contribution in [0.1, 0.15) is 25.7 Å². The van der Waals surface area contributed by atoms with Crippen LogP contribution in [0.3, 0.4) is 0 Å². The minimum absolute atomic E-state index is 0.0759. The summed E-state index contributed by atoms with van der Waals surface area (Å²) >= 11 is 0. The molecule has 6 heteroatoms. The van der Waals surface area contributed by atoms with E-state index in [-0.39, 0.29) is 17.4 Å². The normalized spacial score (nSPS) is 19.7. The average Bonchev–Trinajstić information content (AvgIpc) is 2.24. The zero-order valence-electron chi connectivity index (χ0n) is 9.52. The van der Waals surface area contributed by atoms with Crippen molar-refractivity contribution in [1.82, 2.24) is 4.90 Å². The van der Waals surface area contributed by atoms with Crippen molar-refractivity contribution >= 4 is 15.7 Å². The molecule has 1 rings (SSSR count). The maximum atomic E-state index is 11.7.